The van der Waals surface area contributed by atoms with Gasteiger partial charge in [-0.25, -0.2) is 4.98 Å². The molecule has 1 aliphatic rings. The van der Waals surface area contributed by atoms with Gasteiger partial charge in [0.05, 0.1) is 17.2 Å². The van der Waals surface area contributed by atoms with Gasteiger partial charge in [-0.2, -0.15) is 0 Å². The molecule has 1 heterocycles. The number of anilines is 1. The van der Waals surface area contributed by atoms with E-state index in [-0.39, 0.29) is 5.91 Å². The van der Waals surface area contributed by atoms with Crippen molar-refractivity contribution in [3.8, 4) is 0 Å². The van der Waals surface area contributed by atoms with E-state index in [0.717, 1.165) is 41.8 Å². The van der Waals surface area contributed by atoms with Crippen LogP contribution in [-0.2, 0) is 0 Å². The van der Waals surface area contributed by atoms with Crippen LogP contribution < -0.4 is 21.7 Å². The van der Waals surface area contributed by atoms with E-state index in [9.17, 15) is 4.79 Å². The molecule has 5 N–H and O–H groups in total. The molecule has 3 unspecified atom stereocenters. The van der Waals surface area contributed by atoms with E-state index in [1.807, 2.05) is 25.1 Å². The minimum absolute atomic E-state index is 0.200. The van der Waals surface area contributed by atoms with Crippen LogP contribution in [0.2, 0.25) is 0 Å². The first-order chi connectivity index (χ1) is 15.4. The Morgan fingerprint density at radius 3 is 2.62 bits per heavy atom. The van der Waals surface area contributed by atoms with E-state index in [1.165, 1.54) is 32.1 Å². The molecular formula is C26H41N5O. The SMILES string of the molecule is CCC(CCNc1nc2ccc(C)cc2cc1C(=O)NC(C)N)NC(C)C1CCCCC1. The number of hydrogen-bond acceptors (Lipinski definition) is 5. The van der Waals surface area contributed by atoms with Crippen LogP contribution in [0, 0.1) is 12.8 Å². The zero-order valence-electron chi connectivity index (χ0n) is 20.2. The maximum atomic E-state index is 12.8. The molecule has 176 valence electrons. The van der Waals surface area contributed by atoms with Gasteiger partial charge in [-0.1, -0.05) is 37.8 Å². The molecule has 1 aliphatic carbocycles. The van der Waals surface area contributed by atoms with E-state index < -0.39 is 6.17 Å². The summed E-state index contributed by atoms with van der Waals surface area (Å²) in [5.41, 5.74) is 8.36. The van der Waals surface area contributed by atoms with Crippen LogP contribution >= 0.6 is 0 Å². The fraction of sp³-hybridized carbons (Fsp3) is 0.615. The average Bonchev–Trinajstić information content (AvgIpc) is 2.78. The predicted octanol–water partition coefficient (Wildman–Crippen LogP) is 4.72. The minimum atomic E-state index is -0.418. The highest BCUT2D eigenvalue weighted by Crippen LogP contribution is 2.27. The number of nitrogens with two attached hydrogens (primary N) is 1. The van der Waals surface area contributed by atoms with Gasteiger partial charge < -0.3 is 21.7 Å². The van der Waals surface area contributed by atoms with Crippen molar-refractivity contribution < 1.29 is 4.79 Å². The molecule has 1 aromatic carbocycles. The number of pyridine rings is 1. The summed E-state index contributed by atoms with van der Waals surface area (Å²) in [7, 11) is 0. The van der Waals surface area contributed by atoms with Crippen molar-refractivity contribution in [1.82, 2.24) is 15.6 Å². The summed E-state index contributed by atoms with van der Waals surface area (Å²) in [6.45, 7) is 9.14. The molecule has 6 nitrogen and oxygen atoms in total. The number of nitrogens with zero attached hydrogens (tertiary/aromatic N) is 1. The molecule has 0 radical (unpaired) electrons. The molecule has 32 heavy (non-hydrogen) atoms. The molecule has 0 spiro atoms. The largest absolute Gasteiger partial charge is 0.369 e. The Morgan fingerprint density at radius 1 is 1.19 bits per heavy atom. The van der Waals surface area contributed by atoms with Gasteiger partial charge in [0, 0.05) is 24.0 Å². The Bertz CT molecular complexity index is 891. The van der Waals surface area contributed by atoms with Gasteiger partial charge in [0.1, 0.15) is 5.82 Å². The number of aryl methyl sites for hydroxylation is 1. The summed E-state index contributed by atoms with van der Waals surface area (Å²) in [6, 6.07) is 9.02. The Hall–Kier alpha value is -2.18. The van der Waals surface area contributed by atoms with Crippen LogP contribution in [0.1, 0.15) is 81.6 Å². The minimum Gasteiger partial charge on any atom is -0.369 e. The molecule has 0 aliphatic heterocycles. The van der Waals surface area contributed by atoms with E-state index in [2.05, 4.69) is 35.9 Å². The first-order valence-corrected chi connectivity index (χ1v) is 12.3. The first-order valence-electron chi connectivity index (χ1n) is 12.3. The van der Waals surface area contributed by atoms with Crippen LogP contribution in [0.4, 0.5) is 5.82 Å². The highest BCUT2D eigenvalue weighted by atomic mass is 16.1. The number of nitrogens with one attached hydrogen (secondary N) is 3. The van der Waals surface area contributed by atoms with Crippen LogP contribution in [-0.4, -0.2) is 35.7 Å². The van der Waals surface area contributed by atoms with Crippen LogP contribution in [0.15, 0.2) is 24.3 Å². The molecule has 2 aromatic rings. The maximum Gasteiger partial charge on any atom is 0.256 e. The highest BCUT2D eigenvalue weighted by Gasteiger charge is 2.22. The van der Waals surface area contributed by atoms with Crippen molar-refractivity contribution in [2.45, 2.75) is 90.9 Å². The fourth-order valence-electron chi connectivity index (χ4n) is 4.80. The molecule has 1 saturated carbocycles. The maximum absolute atomic E-state index is 12.8. The summed E-state index contributed by atoms with van der Waals surface area (Å²) in [4.78, 5) is 17.6. The van der Waals surface area contributed by atoms with Crippen LogP contribution in [0.25, 0.3) is 10.9 Å². The second kappa shape index (κ2) is 11.6. The third-order valence-corrected chi connectivity index (χ3v) is 6.71. The van der Waals surface area contributed by atoms with Crippen molar-refractivity contribution in [1.29, 1.82) is 0 Å². The monoisotopic (exact) mass is 439 g/mol. The lowest BCUT2D eigenvalue weighted by Gasteiger charge is -2.31. The number of aromatic nitrogens is 1. The highest BCUT2D eigenvalue weighted by molar-refractivity contribution is 6.02. The zero-order chi connectivity index (χ0) is 23.1. The third-order valence-electron chi connectivity index (χ3n) is 6.71. The number of amides is 1. The van der Waals surface area contributed by atoms with Crippen LogP contribution in [0.5, 0.6) is 0 Å². The number of rotatable bonds is 10. The van der Waals surface area contributed by atoms with Gasteiger partial charge in [-0.15, -0.1) is 0 Å². The average molecular weight is 440 g/mol. The summed E-state index contributed by atoms with van der Waals surface area (Å²) >= 11 is 0. The predicted molar refractivity (Wildman–Crippen MR) is 134 cm³/mol. The lowest BCUT2D eigenvalue weighted by molar-refractivity contribution is 0.0942. The van der Waals surface area contributed by atoms with Gasteiger partial charge in [0.25, 0.3) is 5.91 Å². The normalized spacial score (nSPS) is 17.7. The number of hydrogen-bond donors (Lipinski definition) is 4. The molecule has 3 atom stereocenters. The second-order valence-electron chi connectivity index (χ2n) is 9.52. The number of carbonyl (C=O) groups excluding carboxylic acids is 1. The molecule has 0 saturated heterocycles. The molecule has 1 fully saturated rings. The van der Waals surface area contributed by atoms with Crippen molar-refractivity contribution in [3.63, 3.8) is 0 Å². The van der Waals surface area contributed by atoms with Gasteiger partial charge >= 0.3 is 0 Å². The molecule has 1 aromatic heterocycles. The zero-order valence-corrected chi connectivity index (χ0v) is 20.2. The Kier molecular flexibility index (Phi) is 8.88. The topological polar surface area (TPSA) is 92.1 Å². The van der Waals surface area contributed by atoms with Gasteiger partial charge in [0.15, 0.2) is 0 Å². The van der Waals surface area contributed by atoms with Gasteiger partial charge in [0.2, 0.25) is 0 Å². The second-order valence-corrected chi connectivity index (χ2v) is 9.52. The Morgan fingerprint density at radius 2 is 1.94 bits per heavy atom. The first kappa shape index (κ1) is 24.5. The van der Waals surface area contributed by atoms with E-state index in [1.54, 1.807) is 6.92 Å². The summed E-state index contributed by atoms with van der Waals surface area (Å²) < 4.78 is 0. The van der Waals surface area contributed by atoms with E-state index in [4.69, 9.17) is 10.7 Å². The number of fused-ring (bicyclic) bond motifs is 1. The van der Waals surface area contributed by atoms with Crippen molar-refractivity contribution in [2.75, 3.05) is 11.9 Å². The molecule has 1 amide bonds. The molecular weight excluding hydrogens is 398 g/mol. The lowest BCUT2D eigenvalue weighted by atomic mass is 9.84. The van der Waals surface area contributed by atoms with Crippen molar-refractivity contribution >= 4 is 22.6 Å². The van der Waals surface area contributed by atoms with Crippen molar-refractivity contribution in [3.05, 3.63) is 35.4 Å². The summed E-state index contributed by atoms with van der Waals surface area (Å²) in [6.07, 6.45) is 8.47. The van der Waals surface area contributed by atoms with Gasteiger partial charge in [-0.05, 0) is 70.6 Å². The van der Waals surface area contributed by atoms with Crippen LogP contribution in [0.3, 0.4) is 0 Å². The van der Waals surface area contributed by atoms with Crippen molar-refractivity contribution in [2.24, 2.45) is 11.7 Å². The van der Waals surface area contributed by atoms with Gasteiger partial charge in [-0.3, -0.25) is 4.79 Å². The van der Waals surface area contributed by atoms with E-state index >= 15 is 0 Å². The molecule has 3 rings (SSSR count). The summed E-state index contributed by atoms with van der Waals surface area (Å²) in [5, 5.41) is 11.1. The number of benzene rings is 1. The molecule has 0 bridgehead atoms. The lowest BCUT2D eigenvalue weighted by Crippen LogP contribution is -2.42. The Balaban J connectivity index is 1.68. The third kappa shape index (κ3) is 6.66. The quantitative estimate of drug-likeness (QED) is 0.402. The smallest absolute Gasteiger partial charge is 0.256 e. The Labute approximate surface area is 193 Å². The fourth-order valence-corrected chi connectivity index (χ4v) is 4.80. The standard InChI is InChI=1S/C26H41N5O/c1-5-22(29-18(3)20-9-7-6-8-10-20)13-14-28-25-23(26(32)30-19(4)27)16-21-15-17(2)11-12-24(21)31-25/h11-12,15-16,18-20,22,29H,5-10,13-14,27H2,1-4H3,(H,28,31)(H,30,32). The van der Waals surface area contributed by atoms with E-state index in [0.29, 0.717) is 23.5 Å². The number of carbonyl (C=O) groups is 1. The summed E-state index contributed by atoms with van der Waals surface area (Å²) in [5.74, 6) is 1.22. The molecule has 6 heteroatoms.